The molecule has 0 spiro atoms. The molecule has 0 saturated heterocycles. The van der Waals surface area contributed by atoms with Gasteiger partial charge in [-0.05, 0) is 16.5 Å². The minimum absolute atomic E-state index is 0.0834. The highest BCUT2D eigenvalue weighted by Gasteiger charge is 2.12. The van der Waals surface area contributed by atoms with E-state index in [1.165, 1.54) is 5.56 Å². The van der Waals surface area contributed by atoms with Crippen LogP contribution in [0.25, 0.3) is 0 Å². The first-order chi connectivity index (χ1) is 7.04. The average Bonchev–Trinajstić information content (AvgIpc) is 2.18. The first-order valence-electron chi connectivity index (χ1n) is 5.32. The van der Waals surface area contributed by atoms with Gasteiger partial charge in [0.25, 0.3) is 0 Å². The number of hydrogen-bond donors (Lipinski definition) is 1. The predicted octanol–water partition coefficient (Wildman–Crippen LogP) is 2.49. The van der Waals surface area contributed by atoms with Crippen molar-refractivity contribution in [2.24, 2.45) is 0 Å². The molecule has 0 heterocycles. The second kappa shape index (κ2) is 5.29. The van der Waals surface area contributed by atoms with Gasteiger partial charge >= 0.3 is 0 Å². The highest BCUT2D eigenvalue weighted by Crippen LogP contribution is 2.22. The smallest absolute Gasteiger partial charge is 0.0718 e. The fourth-order valence-corrected chi connectivity index (χ4v) is 1.36. The molecule has 0 aromatic heterocycles. The zero-order valence-corrected chi connectivity index (χ0v) is 9.79. The summed E-state index contributed by atoms with van der Waals surface area (Å²) in [6, 6.07) is 8.44. The minimum atomic E-state index is 0.0834. The molecule has 0 aliphatic carbocycles. The maximum atomic E-state index is 8.57. The van der Waals surface area contributed by atoms with Crippen molar-refractivity contribution in [3.63, 3.8) is 0 Å². The van der Waals surface area contributed by atoms with Gasteiger partial charge in [-0.1, -0.05) is 45.0 Å². The normalized spacial score (nSPS) is 11.7. The largest absolute Gasteiger partial charge is 0.394 e. The number of rotatable bonds is 4. The molecule has 1 rings (SSSR count). The second-order valence-corrected chi connectivity index (χ2v) is 4.72. The lowest BCUT2D eigenvalue weighted by Crippen LogP contribution is -2.10. The lowest BCUT2D eigenvalue weighted by atomic mass is 9.87. The van der Waals surface area contributed by atoms with Crippen LogP contribution in [0, 0.1) is 0 Å². The Kier molecular flexibility index (Phi) is 4.30. The van der Waals surface area contributed by atoms with Gasteiger partial charge in [0.1, 0.15) is 0 Å². The quantitative estimate of drug-likeness (QED) is 0.770. The van der Waals surface area contributed by atoms with E-state index in [0.717, 1.165) is 5.56 Å². The van der Waals surface area contributed by atoms with Gasteiger partial charge in [0.05, 0.1) is 19.8 Å². The summed E-state index contributed by atoms with van der Waals surface area (Å²) < 4.78 is 5.24. The highest BCUT2D eigenvalue weighted by molar-refractivity contribution is 5.27. The third-order valence-electron chi connectivity index (χ3n) is 2.32. The molecule has 15 heavy (non-hydrogen) atoms. The Morgan fingerprint density at radius 3 is 2.20 bits per heavy atom. The molecule has 0 aliphatic heterocycles. The van der Waals surface area contributed by atoms with E-state index in [0.29, 0.717) is 13.2 Å². The molecule has 1 aromatic rings. The Bertz CT molecular complexity index is 282. The molecule has 0 amide bonds. The highest BCUT2D eigenvalue weighted by atomic mass is 16.5. The van der Waals surface area contributed by atoms with Crippen molar-refractivity contribution in [3.8, 4) is 0 Å². The number of aliphatic hydroxyl groups is 1. The van der Waals surface area contributed by atoms with Crippen LogP contribution in [0.5, 0.6) is 0 Å². The van der Waals surface area contributed by atoms with Crippen molar-refractivity contribution in [3.05, 3.63) is 35.4 Å². The third kappa shape index (κ3) is 4.02. The van der Waals surface area contributed by atoms with E-state index in [4.69, 9.17) is 9.84 Å². The van der Waals surface area contributed by atoms with Gasteiger partial charge in [-0.2, -0.15) is 0 Å². The molecule has 0 bridgehead atoms. The molecular weight excluding hydrogens is 188 g/mol. The predicted molar refractivity (Wildman–Crippen MR) is 61.9 cm³/mol. The first kappa shape index (κ1) is 12.2. The maximum absolute atomic E-state index is 8.57. The molecule has 0 radical (unpaired) electrons. The zero-order chi connectivity index (χ0) is 11.3. The van der Waals surface area contributed by atoms with Gasteiger partial charge in [0, 0.05) is 0 Å². The van der Waals surface area contributed by atoms with Gasteiger partial charge in [-0.15, -0.1) is 0 Å². The van der Waals surface area contributed by atoms with Crippen LogP contribution >= 0.6 is 0 Å². The Hall–Kier alpha value is -0.860. The van der Waals surface area contributed by atoms with Gasteiger partial charge in [-0.25, -0.2) is 0 Å². The van der Waals surface area contributed by atoms with Crippen LogP contribution in [0.2, 0.25) is 0 Å². The lowest BCUT2D eigenvalue weighted by molar-refractivity contribution is 0.0815. The molecule has 1 N–H and O–H groups in total. The SMILES string of the molecule is CC(C)(C)c1ccc(COCCO)cc1. The van der Waals surface area contributed by atoms with Crippen LogP contribution in [-0.2, 0) is 16.8 Å². The summed E-state index contributed by atoms with van der Waals surface area (Å²) in [6.07, 6.45) is 0. The number of hydrogen-bond acceptors (Lipinski definition) is 2. The van der Waals surface area contributed by atoms with E-state index >= 15 is 0 Å². The molecule has 2 heteroatoms. The minimum Gasteiger partial charge on any atom is -0.394 e. The van der Waals surface area contributed by atoms with Crippen molar-refractivity contribution in [1.29, 1.82) is 0 Å². The van der Waals surface area contributed by atoms with Gasteiger partial charge in [0.15, 0.2) is 0 Å². The summed E-state index contributed by atoms with van der Waals surface area (Å²) >= 11 is 0. The summed E-state index contributed by atoms with van der Waals surface area (Å²) in [5, 5.41) is 8.57. The van der Waals surface area contributed by atoms with Crippen LogP contribution in [0.3, 0.4) is 0 Å². The van der Waals surface area contributed by atoms with E-state index in [9.17, 15) is 0 Å². The fraction of sp³-hybridized carbons (Fsp3) is 0.538. The standard InChI is InChI=1S/C13H20O2/c1-13(2,3)12-6-4-11(5-7-12)10-15-9-8-14/h4-7,14H,8-10H2,1-3H3. The van der Waals surface area contributed by atoms with E-state index < -0.39 is 0 Å². The average molecular weight is 208 g/mol. The monoisotopic (exact) mass is 208 g/mol. The van der Waals surface area contributed by atoms with Crippen LogP contribution in [0.15, 0.2) is 24.3 Å². The summed E-state index contributed by atoms with van der Waals surface area (Å²) in [7, 11) is 0. The van der Waals surface area contributed by atoms with E-state index in [1.807, 2.05) is 0 Å². The van der Waals surface area contributed by atoms with E-state index in [1.54, 1.807) is 0 Å². The van der Waals surface area contributed by atoms with Gasteiger partial charge < -0.3 is 9.84 Å². The van der Waals surface area contributed by atoms with Crippen LogP contribution < -0.4 is 0 Å². The lowest BCUT2D eigenvalue weighted by Gasteiger charge is -2.19. The molecule has 0 saturated carbocycles. The van der Waals surface area contributed by atoms with Gasteiger partial charge in [0.2, 0.25) is 0 Å². The first-order valence-corrected chi connectivity index (χ1v) is 5.32. The summed E-state index contributed by atoms with van der Waals surface area (Å²) in [5.41, 5.74) is 2.68. The van der Waals surface area contributed by atoms with Crippen molar-refractivity contribution in [2.75, 3.05) is 13.2 Å². The Labute approximate surface area is 91.9 Å². The summed E-state index contributed by atoms with van der Waals surface area (Å²) in [5.74, 6) is 0. The van der Waals surface area contributed by atoms with Crippen LogP contribution in [0.4, 0.5) is 0 Å². The molecule has 2 nitrogen and oxygen atoms in total. The van der Waals surface area contributed by atoms with Crippen LogP contribution in [-0.4, -0.2) is 18.3 Å². The summed E-state index contributed by atoms with van der Waals surface area (Å²) in [4.78, 5) is 0. The molecule has 0 fully saturated rings. The van der Waals surface area contributed by atoms with Crippen LogP contribution in [0.1, 0.15) is 31.9 Å². The molecular formula is C13H20O2. The molecule has 0 atom stereocenters. The van der Waals surface area contributed by atoms with Crippen molar-refractivity contribution >= 4 is 0 Å². The second-order valence-electron chi connectivity index (χ2n) is 4.72. The Balaban J connectivity index is 2.57. The van der Waals surface area contributed by atoms with E-state index in [2.05, 4.69) is 45.0 Å². The number of ether oxygens (including phenoxy) is 1. The van der Waals surface area contributed by atoms with Crippen molar-refractivity contribution < 1.29 is 9.84 Å². The molecule has 0 aliphatic rings. The molecule has 1 aromatic carbocycles. The van der Waals surface area contributed by atoms with Gasteiger partial charge in [-0.3, -0.25) is 0 Å². The Morgan fingerprint density at radius 2 is 1.73 bits per heavy atom. The van der Waals surface area contributed by atoms with E-state index in [-0.39, 0.29) is 12.0 Å². The number of benzene rings is 1. The van der Waals surface area contributed by atoms with Crippen molar-refractivity contribution in [1.82, 2.24) is 0 Å². The zero-order valence-electron chi connectivity index (χ0n) is 9.79. The fourth-order valence-electron chi connectivity index (χ4n) is 1.36. The number of aliphatic hydroxyl groups excluding tert-OH is 1. The topological polar surface area (TPSA) is 29.5 Å². The third-order valence-corrected chi connectivity index (χ3v) is 2.32. The molecule has 0 unspecified atom stereocenters. The Morgan fingerprint density at radius 1 is 1.13 bits per heavy atom. The molecule has 84 valence electrons. The van der Waals surface area contributed by atoms with Crippen molar-refractivity contribution in [2.45, 2.75) is 32.8 Å². The maximum Gasteiger partial charge on any atom is 0.0718 e. The summed E-state index contributed by atoms with van der Waals surface area (Å²) in [6.45, 7) is 7.66.